The van der Waals surface area contributed by atoms with Gasteiger partial charge in [0.25, 0.3) is 0 Å². The van der Waals surface area contributed by atoms with Crippen LogP contribution in [-0.2, 0) is 5.54 Å². The van der Waals surface area contributed by atoms with E-state index in [4.69, 9.17) is 11.6 Å². The van der Waals surface area contributed by atoms with Crippen molar-refractivity contribution in [1.29, 1.82) is 0 Å². The third kappa shape index (κ3) is 1.47. The molecule has 18 heavy (non-hydrogen) atoms. The summed E-state index contributed by atoms with van der Waals surface area (Å²) in [5, 5.41) is 12.2. The average Bonchev–Trinajstić information content (AvgIpc) is 2.76. The van der Waals surface area contributed by atoms with E-state index in [1.165, 1.54) is 38.5 Å². The minimum absolute atomic E-state index is 0.104. The lowest BCUT2D eigenvalue weighted by atomic mass is 9.53. The standard InChI is InChI=1S/C13H19ClN4/c1-8(14)12-15-16-17-18(12)13-5-9-2-10(6-13)4-11(3-9)7-13/h8-11H,2-7H2,1H3. The van der Waals surface area contributed by atoms with Gasteiger partial charge in [0.1, 0.15) is 0 Å². The minimum atomic E-state index is -0.104. The molecule has 5 heteroatoms. The summed E-state index contributed by atoms with van der Waals surface area (Å²) in [5.41, 5.74) is 0.191. The molecule has 0 aromatic carbocycles. The second-order valence-corrected chi connectivity index (χ2v) is 7.36. The van der Waals surface area contributed by atoms with Gasteiger partial charge in [-0.1, -0.05) is 0 Å². The monoisotopic (exact) mass is 266 g/mol. The van der Waals surface area contributed by atoms with Crippen LogP contribution in [-0.4, -0.2) is 20.2 Å². The van der Waals surface area contributed by atoms with Crippen molar-refractivity contribution in [1.82, 2.24) is 20.2 Å². The fraction of sp³-hybridized carbons (Fsp3) is 0.923. The van der Waals surface area contributed by atoms with Crippen LogP contribution in [0.5, 0.6) is 0 Å². The van der Waals surface area contributed by atoms with Crippen LogP contribution in [0, 0.1) is 17.8 Å². The molecule has 4 nitrogen and oxygen atoms in total. The SMILES string of the molecule is CC(Cl)c1nnnn1C12CC3CC(CC(C3)C1)C2. The lowest BCUT2D eigenvalue weighted by molar-refractivity contribution is -0.0517. The quantitative estimate of drug-likeness (QED) is 0.773. The topological polar surface area (TPSA) is 43.6 Å². The van der Waals surface area contributed by atoms with Crippen molar-refractivity contribution in [2.75, 3.05) is 0 Å². The fourth-order valence-corrected chi connectivity index (χ4v) is 5.24. The van der Waals surface area contributed by atoms with Gasteiger partial charge in [-0.05, 0) is 73.6 Å². The molecule has 1 unspecified atom stereocenters. The van der Waals surface area contributed by atoms with Crippen molar-refractivity contribution < 1.29 is 0 Å². The first kappa shape index (κ1) is 11.2. The van der Waals surface area contributed by atoms with Crippen molar-refractivity contribution in [3.63, 3.8) is 0 Å². The zero-order valence-electron chi connectivity index (χ0n) is 10.7. The van der Waals surface area contributed by atoms with Crippen molar-refractivity contribution in [2.24, 2.45) is 17.8 Å². The zero-order valence-corrected chi connectivity index (χ0v) is 11.5. The molecule has 0 saturated heterocycles. The first-order valence-electron chi connectivity index (χ1n) is 7.09. The van der Waals surface area contributed by atoms with Gasteiger partial charge in [0.2, 0.25) is 0 Å². The predicted octanol–water partition coefficient (Wildman–Crippen LogP) is 2.90. The first-order valence-corrected chi connectivity index (χ1v) is 7.53. The molecule has 1 atom stereocenters. The van der Waals surface area contributed by atoms with Gasteiger partial charge in [0.15, 0.2) is 5.82 Å². The third-order valence-corrected chi connectivity index (χ3v) is 5.50. The number of rotatable bonds is 2. The van der Waals surface area contributed by atoms with Crippen molar-refractivity contribution in [2.45, 2.75) is 56.4 Å². The van der Waals surface area contributed by atoms with Crippen LogP contribution in [0.25, 0.3) is 0 Å². The second-order valence-electron chi connectivity index (χ2n) is 6.71. The van der Waals surface area contributed by atoms with E-state index in [9.17, 15) is 0 Å². The van der Waals surface area contributed by atoms with E-state index in [2.05, 4.69) is 20.2 Å². The summed E-state index contributed by atoms with van der Waals surface area (Å²) >= 11 is 6.23. The molecule has 4 bridgehead atoms. The van der Waals surface area contributed by atoms with Crippen LogP contribution in [0.1, 0.15) is 56.7 Å². The third-order valence-electron chi connectivity index (χ3n) is 5.30. The van der Waals surface area contributed by atoms with Gasteiger partial charge < -0.3 is 0 Å². The molecule has 4 aliphatic carbocycles. The Bertz CT molecular complexity index is 432. The van der Waals surface area contributed by atoms with Crippen molar-refractivity contribution in [3.8, 4) is 0 Å². The zero-order chi connectivity index (χ0) is 12.3. The molecule has 0 aliphatic heterocycles. The average molecular weight is 267 g/mol. The van der Waals surface area contributed by atoms with E-state index in [-0.39, 0.29) is 10.9 Å². The van der Waals surface area contributed by atoms with Crippen molar-refractivity contribution >= 4 is 11.6 Å². The molecule has 0 N–H and O–H groups in total. The lowest BCUT2D eigenvalue weighted by Gasteiger charge is -2.56. The maximum absolute atomic E-state index is 6.23. The molecule has 1 heterocycles. The summed E-state index contributed by atoms with van der Waals surface area (Å²) in [5.74, 6) is 3.57. The minimum Gasteiger partial charge on any atom is -0.222 e. The Morgan fingerprint density at radius 1 is 1.17 bits per heavy atom. The van der Waals surface area contributed by atoms with E-state index < -0.39 is 0 Å². The van der Waals surface area contributed by atoms with E-state index in [1.54, 1.807) is 0 Å². The van der Waals surface area contributed by atoms with Crippen LogP contribution < -0.4 is 0 Å². The summed E-state index contributed by atoms with van der Waals surface area (Å²) in [6, 6.07) is 0. The predicted molar refractivity (Wildman–Crippen MR) is 68.2 cm³/mol. The highest BCUT2D eigenvalue weighted by Gasteiger charge is 2.53. The number of alkyl halides is 1. The van der Waals surface area contributed by atoms with Gasteiger partial charge >= 0.3 is 0 Å². The van der Waals surface area contributed by atoms with E-state index in [0.717, 1.165) is 23.6 Å². The Labute approximate surface area is 112 Å². The van der Waals surface area contributed by atoms with E-state index in [1.807, 2.05) is 6.92 Å². The highest BCUT2D eigenvalue weighted by molar-refractivity contribution is 6.20. The molecule has 4 fully saturated rings. The summed E-state index contributed by atoms with van der Waals surface area (Å²) in [6.45, 7) is 1.96. The maximum atomic E-state index is 6.23. The van der Waals surface area contributed by atoms with E-state index in [0.29, 0.717) is 0 Å². The number of tetrazole rings is 1. The second kappa shape index (κ2) is 3.69. The van der Waals surface area contributed by atoms with Gasteiger partial charge in [0, 0.05) is 0 Å². The van der Waals surface area contributed by atoms with Gasteiger partial charge in [-0.2, -0.15) is 0 Å². The molecular formula is C13H19ClN4. The summed E-state index contributed by atoms with van der Waals surface area (Å²) in [7, 11) is 0. The summed E-state index contributed by atoms with van der Waals surface area (Å²) in [4.78, 5) is 0. The Balaban J connectivity index is 1.77. The van der Waals surface area contributed by atoms with Crippen LogP contribution >= 0.6 is 11.6 Å². The maximum Gasteiger partial charge on any atom is 0.169 e. The summed E-state index contributed by atoms with van der Waals surface area (Å²) < 4.78 is 2.09. The molecule has 4 aliphatic rings. The van der Waals surface area contributed by atoms with Crippen LogP contribution in [0.15, 0.2) is 0 Å². The molecule has 5 rings (SSSR count). The molecule has 0 spiro atoms. The normalized spacial score (nSPS) is 43.3. The Kier molecular flexibility index (Phi) is 2.30. The van der Waals surface area contributed by atoms with Crippen LogP contribution in [0.2, 0.25) is 0 Å². The Morgan fingerprint density at radius 3 is 2.22 bits per heavy atom. The number of hydrogen-bond acceptors (Lipinski definition) is 3. The highest BCUT2D eigenvalue weighted by atomic mass is 35.5. The molecule has 4 saturated carbocycles. The summed E-state index contributed by atoms with van der Waals surface area (Å²) in [6.07, 6.45) is 8.11. The van der Waals surface area contributed by atoms with Crippen LogP contribution in [0.3, 0.4) is 0 Å². The number of nitrogens with zero attached hydrogens (tertiary/aromatic N) is 4. The molecule has 1 aromatic heterocycles. The largest absolute Gasteiger partial charge is 0.222 e. The molecular weight excluding hydrogens is 248 g/mol. The van der Waals surface area contributed by atoms with Gasteiger partial charge in [-0.3, -0.25) is 0 Å². The molecule has 1 aromatic rings. The molecule has 0 amide bonds. The number of hydrogen-bond donors (Lipinski definition) is 0. The Morgan fingerprint density at radius 2 is 1.72 bits per heavy atom. The van der Waals surface area contributed by atoms with Gasteiger partial charge in [-0.25, -0.2) is 4.68 Å². The smallest absolute Gasteiger partial charge is 0.169 e. The number of aromatic nitrogens is 4. The van der Waals surface area contributed by atoms with Gasteiger partial charge in [-0.15, -0.1) is 16.7 Å². The highest BCUT2D eigenvalue weighted by Crippen LogP contribution is 2.58. The fourth-order valence-electron chi connectivity index (χ4n) is 5.10. The van der Waals surface area contributed by atoms with Gasteiger partial charge in [0.05, 0.1) is 10.9 Å². The van der Waals surface area contributed by atoms with E-state index >= 15 is 0 Å². The van der Waals surface area contributed by atoms with Crippen molar-refractivity contribution in [3.05, 3.63) is 5.82 Å². The first-order chi connectivity index (χ1) is 8.66. The molecule has 98 valence electrons. The van der Waals surface area contributed by atoms with Crippen LogP contribution in [0.4, 0.5) is 0 Å². The lowest BCUT2D eigenvalue weighted by Crippen LogP contribution is -2.52. The molecule has 0 radical (unpaired) electrons. The Hall–Kier alpha value is -0.640. The number of halogens is 1.